The summed E-state index contributed by atoms with van der Waals surface area (Å²) in [6.07, 6.45) is 1.98. The summed E-state index contributed by atoms with van der Waals surface area (Å²) in [4.78, 5) is 11.8. The van der Waals surface area contributed by atoms with Crippen molar-refractivity contribution in [3.05, 3.63) is 47.0 Å². The Morgan fingerprint density at radius 2 is 2.00 bits per heavy atom. The number of sulfone groups is 1. The normalized spacial score (nSPS) is 12.7. The van der Waals surface area contributed by atoms with Gasteiger partial charge in [-0.25, -0.2) is 23.4 Å². The summed E-state index contributed by atoms with van der Waals surface area (Å²) in [5.74, 6) is -0.384. The predicted octanol–water partition coefficient (Wildman–Crippen LogP) is 2.37. The van der Waals surface area contributed by atoms with Crippen LogP contribution in [0, 0.1) is 11.3 Å². The Hall–Kier alpha value is -2.96. The maximum Gasteiger partial charge on any atom is 0.247 e. The van der Waals surface area contributed by atoms with Gasteiger partial charge in [0, 0.05) is 13.3 Å². The molecule has 2 heterocycles. The Morgan fingerprint density at radius 3 is 2.62 bits per heavy atom. The number of halogens is 1. The lowest BCUT2D eigenvalue weighted by molar-refractivity contribution is 0.508. The fraction of sp³-hybridized carbons (Fsp3) is 0.125. The first kappa shape index (κ1) is 17.8. The summed E-state index contributed by atoms with van der Waals surface area (Å²) in [5, 5.41) is 19.5. The molecule has 0 saturated carbocycles. The first-order valence-corrected chi connectivity index (χ1v) is 9.49. The third kappa shape index (κ3) is 3.00. The van der Waals surface area contributed by atoms with Gasteiger partial charge in [0.1, 0.15) is 17.3 Å². The van der Waals surface area contributed by atoms with Gasteiger partial charge in [-0.1, -0.05) is 23.7 Å². The Labute approximate surface area is 153 Å². The van der Waals surface area contributed by atoms with Gasteiger partial charge >= 0.3 is 0 Å². The van der Waals surface area contributed by atoms with Crippen molar-refractivity contribution in [1.29, 1.82) is 5.26 Å². The van der Waals surface area contributed by atoms with Crippen molar-refractivity contribution in [3.8, 4) is 6.07 Å². The van der Waals surface area contributed by atoms with Crippen molar-refractivity contribution >= 4 is 43.8 Å². The summed E-state index contributed by atoms with van der Waals surface area (Å²) >= 11 is 6.00. The van der Waals surface area contributed by atoms with E-state index in [4.69, 9.17) is 11.6 Å². The zero-order valence-electron chi connectivity index (χ0n) is 13.7. The molecule has 8 nitrogen and oxygen atoms in total. The molecule has 0 aliphatic rings. The maximum atomic E-state index is 11.7. The molecule has 3 aromatic rings. The van der Waals surface area contributed by atoms with Crippen molar-refractivity contribution in [2.45, 2.75) is 5.16 Å². The lowest BCUT2D eigenvalue weighted by Crippen LogP contribution is -2.07. The molecule has 1 aromatic carbocycles. The third-order valence-corrected chi connectivity index (χ3v) is 4.77. The molecule has 2 aromatic heterocycles. The van der Waals surface area contributed by atoms with E-state index in [9.17, 15) is 18.8 Å². The number of aromatic nitrogens is 4. The SMILES string of the molecule is Cn1c(/C(C#N)=C(/O)c2nc(S(C)(=O)=O)ncc2Cl)nc2ccccc21. The standard InChI is InChI=1S/C16H12ClN5O3S/c1-22-12-6-4-3-5-11(12)20-15(22)9(7-18)14(23)13-10(17)8-19-16(21-13)26(2,24)25/h3-6,8,23H,1-2H3/b14-9+. The van der Waals surface area contributed by atoms with E-state index in [1.54, 1.807) is 23.7 Å². The zero-order chi connectivity index (χ0) is 19.1. The van der Waals surface area contributed by atoms with E-state index in [2.05, 4.69) is 15.0 Å². The van der Waals surface area contributed by atoms with Crippen LogP contribution in [0.5, 0.6) is 0 Å². The molecule has 0 radical (unpaired) electrons. The predicted molar refractivity (Wildman–Crippen MR) is 95.9 cm³/mol. The molecule has 0 spiro atoms. The summed E-state index contributed by atoms with van der Waals surface area (Å²) in [5.41, 5.74) is 0.944. The van der Waals surface area contributed by atoms with Crippen molar-refractivity contribution in [2.24, 2.45) is 7.05 Å². The molecule has 0 bridgehead atoms. The number of hydrogen-bond donors (Lipinski definition) is 1. The largest absolute Gasteiger partial charge is 0.504 e. The Balaban J connectivity index is 2.28. The minimum atomic E-state index is -3.72. The van der Waals surface area contributed by atoms with Crippen molar-refractivity contribution in [1.82, 2.24) is 19.5 Å². The molecule has 0 aliphatic heterocycles. The monoisotopic (exact) mass is 389 g/mol. The number of rotatable bonds is 3. The molecular weight excluding hydrogens is 378 g/mol. The van der Waals surface area contributed by atoms with Gasteiger partial charge in [-0.05, 0) is 12.1 Å². The topological polar surface area (TPSA) is 122 Å². The minimum Gasteiger partial charge on any atom is -0.504 e. The number of para-hydroxylation sites is 2. The highest BCUT2D eigenvalue weighted by Gasteiger charge is 2.22. The van der Waals surface area contributed by atoms with Crippen molar-refractivity contribution < 1.29 is 13.5 Å². The third-order valence-electron chi connectivity index (χ3n) is 3.64. The van der Waals surface area contributed by atoms with Gasteiger partial charge in [0.25, 0.3) is 0 Å². The van der Waals surface area contributed by atoms with Gasteiger partial charge in [0.15, 0.2) is 11.6 Å². The van der Waals surface area contributed by atoms with Crippen LogP contribution in [0.25, 0.3) is 22.4 Å². The average molecular weight is 390 g/mol. The maximum absolute atomic E-state index is 11.7. The van der Waals surface area contributed by atoms with Crippen LogP contribution in [-0.4, -0.2) is 39.3 Å². The second kappa shape index (κ2) is 6.40. The van der Waals surface area contributed by atoms with E-state index in [-0.39, 0.29) is 22.1 Å². The first-order valence-electron chi connectivity index (χ1n) is 7.22. The average Bonchev–Trinajstić information content (AvgIpc) is 2.92. The van der Waals surface area contributed by atoms with E-state index in [1.165, 1.54) is 0 Å². The smallest absolute Gasteiger partial charge is 0.247 e. The second-order valence-electron chi connectivity index (χ2n) is 5.44. The Kier molecular flexibility index (Phi) is 4.39. The van der Waals surface area contributed by atoms with E-state index < -0.39 is 20.8 Å². The van der Waals surface area contributed by atoms with E-state index in [1.807, 2.05) is 18.2 Å². The molecule has 10 heteroatoms. The van der Waals surface area contributed by atoms with Crippen LogP contribution < -0.4 is 0 Å². The lowest BCUT2D eigenvalue weighted by Gasteiger charge is -2.07. The molecule has 0 fully saturated rings. The number of nitrogens with zero attached hydrogens (tertiary/aromatic N) is 5. The molecule has 3 rings (SSSR count). The highest BCUT2D eigenvalue weighted by Crippen LogP contribution is 2.28. The summed E-state index contributed by atoms with van der Waals surface area (Å²) in [6.45, 7) is 0. The van der Waals surface area contributed by atoms with E-state index >= 15 is 0 Å². The van der Waals surface area contributed by atoms with Gasteiger partial charge in [0.2, 0.25) is 15.0 Å². The molecule has 132 valence electrons. The molecule has 0 saturated heterocycles. The van der Waals surface area contributed by atoms with Gasteiger partial charge in [-0.2, -0.15) is 5.26 Å². The quantitative estimate of drug-likeness (QED) is 0.414. The molecule has 0 unspecified atom stereocenters. The van der Waals surface area contributed by atoms with Gasteiger partial charge in [-0.15, -0.1) is 0 Å². The summed E-state index contributed by atoms with van der Waals surface area (Å²) in [6, 6.07) is 9.09. The number of nitriles is 1. The van der Waals surface area contributed by atoms with Crippen molar-refractivity contribution in [2.75, 3.05) is 6.26 Å². The molecule has 26 heavy (non-hydrogen) atoms. The number of aliphatic hydroxyl groups is 1. The Morgan fingerprint density at radius 1 is 1.31 bits per heavy atom. The number of aliphatic hydroxyl groups excluding tert-OH is 1. The van der Waals surface area contributed by atoms with E-state index in [0.717, 1.165) is 18.0 Å². The number of fused-ring (bicyclic) bond motifs is 1. The minimum absolute atomic E-state index is 0.0959. The fourth-order valence-electron chi connectivity index (χ4n) is 2.39. The van der Waals surface area contributed by atoms with Crippen LogP contribution in [0.1, 0.15) is 11.5 Å². The van der Waals surface area contributed by atoms with Gasteiger partial charge < -0.3 is 9.67 Å². The van der Waals surface area contributed by atoms with Crippen LogP contribution >= 0.6 is 11.6 Å². The highest BCUT2D eigenvalue weighted by molar-refractivity contribution is 7.90. The second-order valence-corrected chi connectivity index (χ2v) is 7.76. The van der Waals surface area contributed by atoms with Crippen LogP contribution in [0.15, 0.2) is 35.6 Å². The van der Waals surface area contributed by atoms with Crippen LogP contribution in [0.3, 0.4) is 0 Å². The first-order chi connectivity index (χ1) is 12.2. The van der Waals surface area contributed by atoms with Gasteiger partial charge in [-0.3, -0.25) is 0 Å². The Bertz CT molecular complexity index is 1210. The number of benzene rings is 1. The molecule has 1 N–H and O–H groups in total. The van der Waals surface area contributed by atoms with Crippen molar-refractivity contribution in [3.63, 3.8) is 0 Å². The lowest BCUT2D eigenvalue weighted by atomic mass is 10.2. The van der Waals surface area contributed by atoms with Crippen LogP contribution in [-0.2, 0) is 16.9 Å². The number of allylic oxidation sites excluding steroid dienone is 1. The number of aryl methyl sites for hydroxylation is 1. The van der Waals surface area contributed by atoms with Crippen LogP contribution in [0.4, 0.5) is 0 Å². The number of imidazole rings is 1. The van der Waals surface area contributed by atoms with E-state index in [0.29, 0.717) is 5.52 Å². The molecule has 0 aliphatic carbocycles. The molecule has 0 amide bonds. The fourth-order valence-corrected chi connectivity index (χ4v) is 3.07. The van der Waals surface area contributed by atoms with Crippen LogP contribution in [0.2, 0.25) is 5.02 Å². The zero-order valence-corrected chi connectivity index (χ0v) is 15.2. The highest BCUT2D eigenvalue weighted by atomic mass is 35.5. The molecular formula is C16H12ClN5O3S. The summed E-state index contributed by atoms with van der Waals surface area (Å²) in [7, 11) is -2.03. The van der Waals surface area contributed by atoms with Gasteiger partial charge in [0.05, 0.1) is 22.3 Å². The molecule has 0 atom stereocenters. The summed E-state index contributed by atoms with van der Waals surface area (Å²) < 4.78 is 24.9. The number of hydrogen-bond acceptors (Lipinski definition) is 7.